The second kappa shape index (κ2) is 8.00. The van der Waals surface area contributed by atoms with Crippen LogP contribution in [0.3, 0.4) is 0 Å². The van der Waals surface area contributed by atoms with Gasteiger partial charge in [-0.3, -0.25) is 4.79 Å². The number of amides is 1. The molecule has 0 radical (unpaired) electrons. The normalized spacial score (nSPS) is 10.7. The van der Waals surface area contributed by atoms with Crippen LogP contribution in [0, 0.1) is 17.2 Å². The van der Waals surface area contributed by atoms with E-state index in [2.05, 4.69) is 19.9 Å². The molecule has 4 nitrogen and oxygen atoms in total. The van der Waals surface area contributed by atoms with Gasteiger partial charge in [0.2, 0.25) is 5.91 Å². The van der Waals surface area contributed by atoms with Gasteiger partial charge in [-0.15, -0.1) is 0 Å². The summed E-state index contributed by atoms with van der Waals surface area (Å²) in [4.78, 5) is 13.8. The minimum atomic E-state index is -0.0641. The lowest BCUT2D eigenvalue weighted by Gasteiger charge is -2.22. The molecule has 1 rings (SSSR count). The van der Waals surface area contributed by atoms with E-state index >= 15 is 0 Å². The highest BCUT2D eigenvalue weighted by molar-refractivity contribution is 5.91. The Morgan fingerprint density at radius 2 is 2.05 bits per heavy atom. The Balaban J connectivity index is 2.69. The summed E-state index contributed by atoms with van der Waals surface area (Å²) in [6.45, 7) is 5.23. The molecule has 0 spiro atoms. The van der Waals surface area contributed by atoms with Crippen molar-refractivity contribution in [3.8, 4) is 6.07 Å². The first-order valence-electron chi connectivity index (χ1n) is 6.72. The Kier molecular flexibility index (Phi) is 6.31. The molecule has 106 valence electrons. The number of nitrogens with zero attached hydrogens (tertiary/aromatic N) is 2. The minimum absolute atomic E-state index is 0.0641. The smallest absolute Gasteiger partial charge is 0.246 e. The van der Waals surface area contributed by atoms with Gasteiger partial charge in [-0.05, 0) is 29.7 Å². The molecule has 0 heterocycles. The molecule has 0 unspecified atom stereocenters. The van der Waals surface area contributed by atoms with Gasteiger partial charge in [0.15, 0.2) is 0 Å². The van der Waals surface area contributed by atoms with Crippen LogP contribution in [0.1, 0.15) is 25.8 Å². The average molecular weight is 271 g/mol. The number of anilines is 1. The zero-order valence-corrected chi connectivity index (χ0v) is 12.0. The van der Waals surface area contributed by atoms with Crippen LogP contribution >= 0.6 is 0 Å². The third-order valence-corrected chi connectivity index (χ3v) is 2.75. The number of nitrogens with two attached hydrogens (primary N) is 1. The van der Waals surface area contributed by atoms with Crippen molar-refractivity contribution < 1.29 is 4.79 Å². The van der Waals surface area contributed by atoms with Crippen LogP contribution in [-0.4, -0.2) is 23.9 Å². The maximum Gasteiger partial charge on any atom is 0.246 e. The summed E-state index contributed by atoms with van der Waals surface area (Å²) < 4.78 is 0. The molecule has 0 saturated carbocycles. The van der Waals surface area contributed by atoms with Gasteiger partial charge < -0.3 is 10.6 Å². The molecule has 0 aliphatic heterocycles. The number of nitriles is 1. The van der Waals surface area contributed by atoms with Crippen molar-refractivity contribution in [2.45, 2.75) is 20.3 Å². The highest BCUT2D eigenvalue weighted by atomic mass is 16.2. The number of carbonyl (C=O) groups is 1. The molecule has 20 heavy (non-hydrogen) atoms. The van der Waals surface area contributed by atoms with Crippen LogP contribution in [0.15, 0.2) is 30.3 Å². The molecular formula is C16H21N3O. The van der Waals surface area contributed by atoms with E-state index in [1.54, 1.807) is 29.2 Å². The number of hydrogen-bond donors (Lipinski definition) is 1. The van der Waals surface area contributed by atoms with Crippen molar-refractivity contribution in [2.24, 2.45) is 5.92 Å². The van der Waals surface area contributed by atoms with Crippen LogP contribution < -0.4 is 5.73 Å². The predicted octanol–water partition coefficient (Wildman–Crippen LogP) is 2.68. The van der Waals surface area contributed by atoms with Crippen LogP contribution in [0.25, 0.3) is 6.08 Å². The summed E-state index contributed by atoms with van der Waals surface area (Å²) in [7, 11) is 0. The second-order valence-electron chi connectivity index (χ2n) is 5.09. The lowest BCUT2D eigenvalue weighted by Crippen LogP contribution is -2.33. The van der Waals surface area contributed by atoms with Crippen molar-refractivity contribution in [3.05, 3.63) is 35.9 Å². The van der Waals surface area contributed by atoms with Crippen molar-refractivity contribution in [2.75, 3.05) is 18.8 Å². The zero-order chi connectivity index (χ0) is 15.0. The van der Waals surface area contributed by atoms with Crippen LogP contribution in [0.5, 0.6) is 0 Å². The van der Waals surface area contributed by atoms with E-state index in [9.17, 15) is 4.79 Å². The Morgan fingerprint density at radius 3 is 2.60 bits per heavy atom. The van der Waals surface area contributed by atoms with E-state index in [0.29, 0.717) is 31.1 Å². The van der Waals surface area contributed by atoms with Gasteiger partial charge in [-0.2, -0.15) is 5.26 Å². The fourth-order valence-corrected chi connectivity index (χ4v) is 1.80. The van der Waals surface area contributed by atoms with Crippen LogP contribution in [0.2, 0.25) is 0 Å². The van der Waals surface area contributed by atoms with Gasteiger partial charge >= 0.3 is 0 Å². The molecule has 0 aromatic heterocycles. The van der Waals surface area contributed by atoms with Crippen LogP contribution in [0.4, 0.5) is 5.69 Å². The first-order chi connectivity index (χ1) is 9.52. The van der Waals surface area contributed by atoms with Crippen molar-refractivity contribution in [3.63, 3.8) is 0 Å². The van der Waals surface area contributed by atoms with Crippen molar-refractivity contribution in [1.82, 2.24) is 4.90 Å². The van der Waals surface area contributed by atoms with Gasteiger partial charge in [0.25, 0.3) is 0 Å². The largest absolute Gasteiger partial charge is 0.399 e. The highest BCUT2D eigenvalue weighted by Gasteiger charge is 2.11. The topological polar surface area (TPSA) is 70.1 Å². The molecule has 1 aromatic rings. The standard InChI is InChI=1S/C16H21N3O/c1-13(2)12-19(11-3-10-17)16(20)9-6-14-4-7-15(18)8-5-14/h4-9,13H,3,11-12,18H2,1-2H3/b9-6+. The molecule has 0 atom stereocenters. The summed E-state index contributed by atoms with van der Waals surface area (Å²) >= 11 is 0. The second-order valence-corrected chi connectivity index (χ2v) is 5.09. The third-order valence-electron chi connectivity index (χ3n) is 2.75. The number of nitrogen functional groups attached to an aromatic ring is 1. The minimum Gasteiger partial charge on any atom is -0.399 e. The van der Waals surface area contributed by atoms with Crippen molar-refractivity contribution >= 4 is 17.7 Å². The lowest BCUT2D eigenvalue weighted by molar-refractivity contribution is -0.126. The molecule has 0 bridgehead atoms. The molecule has 4 heteroatoms. The van der Waals surface area contributed by atoms with Crippen molar-refractivity contribution in [1.29, 1.82) is 5.26 Å². The number of carbonyl (C=O) groups excluding carboxylic acids is 1. The van der Waals surface area contributed by atoms with E-state index in [-0.39, 0.29) is 5.91 Å². The number of hydrogen-bond acceptors (Lipinski definition) is 3. The Bertz CT molecular complexity index is 497. The third kappa shape index (κ3) is 5.57. The SMILES string of the molecule is CC(C)CN(CCC#N)C(=O)/C=C/c1ccc(N)cc1. The summed E-state index contributed by atoms with van der Waals surface area (Å²) in [5, 5.41) is 8.65. The predicted molar refractivity (Wildman–Crippen MR) is 81.5 cm³/mol. The Labute approximate surface area is 120 Å². The summed E-state index contributed by atoms with van der Waals surface area (Å²) in [5.74, 6) is 0.313. The summed E-state index contributed by atoms with van der Waals surface area (Å²) in [6.07, 6.45) is 3.67. The molecule has 0 aliphatic carbocycles. The van der Waals surface area contributed by atoms with E-state index in [4.69, 9.17) is 11.0 Å². The van der Waals surface area contributed by atoms with E-state index < -0.39 is 0 Å². The lowest BCUT2D eigenvalue weighted by atomic mass is 10.1. The maximum absolute atomic E-state index is 12.1. The highest BCUT2D eigenvalue weighted by Crippen LogP contribution is 2.08. The summed E-state index contributed by atoms with van der Waals surface area (Å²) in [6, 6.07) is 9.39. The van der Waals surface area contributed by atoms with Gasteiger partial charge in [0.05, 0.1) is 12.5 Å². The summed E-state index contributed by atoms with van der Waals surface area (Å²) in [5.41, 5.74) is 7.24. The molecule has 1 amide bonds. The molecule has 1 aromatic carbocycles. The van der Waals surface area contributed by atoms with E-state index in [1.807, 2.05) is 12.1 Å². The fraction of sp³-hybridized carbons (Fsp3) is 0.375. The first-order valence-corrected chi connectivity index (χ1v) is 6.72. The van der Waals surface area contributed by atoms with Gasteiger partial charge in [0, 0.05) is 24.9 Å². The molecule has 0 aliphatic rings. The fourth-order valence-electron chi connectivity index (χ4n) is 1.80. The maximum atomic E-state index is 12.1. The first kappa shape index (κ1) is 15.8. The van der Waals surface area contributed by atoms with Gasteiger partial charge in [-0.25, -0.2) is 0 Å². The quantitative estimate of drug-likeness (QED) is 0.638. The van der Waals surface area contributed by atoms with Gasteiger partial charge in [0.1, 0.15) is 0 Å². The van der Waals surface area contributed by atoms with E-state index in [1.165, 1.54) is 0 Å². The zero-order valence-electron chi connectivity index (χ0n) is 12.0. The molecule has 0 fully saturated rings. The number of benzene rings is 1. The van der Waals surface area contributed by atoms with E-state index in [0.717, 1.165) is 5.56 Å². The Morgan fingerprint density at radius 1 is 1.40 bits per heavy atom. The van der Waals surface area contributed by atoms with Gasteiger partial charge in [-0.1, -0.05) is 26.0 Å². The molecule has 0 saturated heterocycles. The molecule has 2 N–H and O–H groups in total. The Hall–Kier alpha value is -2.28. The number of rotatable bonds is 6. The molecular weight excluding hydrogens is 250 g/mol. The van der Waals surface area contributed by atoms with Crippen LogP contribution in [-0.2, 0) is 4.79 Å². The monoisotopic (exact) mass is 271 g/mol. The average Bonchev–Trinajstić information content (AvgIpc) is 2.42.